The van der Waals surface area contributed by atoms with Crippen molar-refractivity contribution in [1.82, 2.24) is 19.5 Å². The quantitative estimate of drug-likeness (QED) is 0.275. The molecule has 5 heterocycles. The first kappa shape index (κ1) is 27.4. The summed E-state index contributed by atoms with van der Waals surface area (Å²) in [7, 11) is 0. The van der Waals surface area contributed by atoms with Gasteiger partial charge in [-0.25, -0.2) is 23.1 Å². The van der Waals surface area contributed by atoms with E-state index in [0.29, 0.717) is 40.8 Å². The summed E-state index contributed by atoms with van der Waals surface area (Å²) >= 11 is 6.80. The lowest BCUT2D eigenvalue weighted by Crippen LogP contribution is -2.43. The molecule has 8 nitrogen and oxygen atoms in total. The minimum atomic E-state index is -0.771. The van der Waals surface area contributed by atoms with E-state index in [4.69, 9.17) is 26.1 Å². The van der Waals surface area contributed by atoms with Gasteiger partial charge in [-0.1, -0.05) is 32.4 Å². The highest BCUT2D eigenvalue weighted by molar-refractivity contribution is 6.34. The zero-order valence-electron chi connectivity index (χ0n) is 23.2. The molecular formula is C30H30ClF2N5O3. The molecule has 0 spiro atoms. The minimum Gasteiger partial charge on any atom is -0.488 e. The molecule has 11 heteroatoms. The molecule has 41 heavy (non-hydrogen) atoms. The Morgan fingerprint density at radius 2 is 1.80 bits per heavy atom. The summed E-state index contributed by atoms with van der Waals surface area (Å²) in [6, 6.07) is 5.38. The van der Waals surface area contributed by atoms with Gasteiger partial charge in [0.25, 0.3) is 0 Å². The molecule has 3 aromatic heterocycles. The summed E-state index contributed by atoms with van der Waals surface area (Å²) in [5.41, 5.74) is 0.290. The van der Waals surface area contributed by atoms with Crippen LogP contribution in [-0.4, -0.2) is 45.3 Å². The molecule has 0 amide bonds. The number of rotatable bonds is 2. The van der Waals surface area contributed by atoms with Crippen LogP contribution in [0.1, 0.15) is 52.1 Å². The average Bonchev–Trinajstić information content (AvgIpc) is 2.93. The van der Waals surface area contributed by atoms with Crippen molar-refractivity contribution in [3.05, 3.63) is 63.3 Å². The van der Waals surface area contributed by atoms with Gasteiger partial charge in [-0.15, -0.1) is 0 Å². The van der Waals surface area contributed by atoms with Crippen molar-refractivity contribution < 1.29 is 18.3 Å². The molecule has 1 saturated heterocycles. The third kappa shape index (κ3) is 4.67. The third-order valence-corrected chi connectivity index (χ3v) is 8.05. The van der Waals surface area contributed by atoms with E-state index in [2.05, 4.69) is 28.7 Å². The predicted molar refractivity (Wildman–Crippen MR) is 154 cm³/mol. The molecule has 1 aromatic carbocycles. The summed E-state index contributed by atoms with van der Waals surface area (Å²) in [6.07, 6.45) is 3.60. The summed E-state index contributed by atoms with van der Waals surface area (Å²) < 4.78 is 43.6. The normalized spacial score (nSPS) is 18.8. The SMILES string of the molecule is CC1CCC(C)N(c2nc(=O)n3c4nc(c(Cl)cc24)-c2c(F)ccc(F)c2OCCOc2ccnc(C(C)C)c2-3)C1. The Labute approximate surface area is 240 Å². The van der Waals surface area contributed by atoms with Gasteiger partial charge in [-0.05, 0) is 49.8 Å². The molecule has 214 valence electrons. The summed E-state index contributed by atoms with van der Waals surface area (Å²) in [6.45, 7) is 8.75. The second-order valence-corrected chi connectivity index (χ2v) is 11.5. The maximum Gasteiger partial charge on any atom is 0.356 e. The molecule has 0 saturated carbocycles. The first-order valence-corrected chi connectivity index (χ1v) is 14.2. The molecule has 2 bridgehead atoms. The Morgan fingerprint density at radius 1 is 1.05 bits per heavy atom. The van der Waals surface area contributed by atoms with Crippen LogP contribution in [0.15, 0.2) is 35.3 Å². The topological polar surface area (TPSA) is 82.4 Å². The molecule has 1 fully saturated rings. The van der Waals surface area contributed by atoms with Gasteiger partial charge >= 0.3 is 5.69 Å². The molecule has 2 aliphatic heterocycles. The van der Waals surface area contributed by atoms with Crippen molar-refractivity contribution >= 4 is 28.5 Å². The van der Waals surface area contributed by atoms with E-state index < -0.39 is 17.3 Å². The number of halogens is 3. The predicted octanol–water partition coefficient (Wildman–Crippen LogP) is 6.29. The lowest BCUT2D eigenvalue weighted by atomic mass is 9.95. The molecule has 0 N–H and O–H groups in total. The maximum absolute atomic E-state index is 15.4. The van der Waals surface area contributed by atoms with Crippen LogP contribution in [-0.2, 0) is 0 Å². The van der Waals surface area contributed by atoms with Crippen LogP contribution in [0.5, 0.6) is 11.5 Å². The van der Waals surface area contributed by atoms with Crippen molar-refractivity contribution in [1.29, 1.82) is 0 Å². The van der Waals surface area contributed by atoms with Crippen LogP contribution >= 0.6 is 11.6 Å². The fraction of sp³-hybridized carbons (Fsp3) is 0.400. The Kier molecular flexibility index (Phi) is 7.05. The molecule has 2 unspecified atom stereocenters. The van der Waals surface area contributed by atoms with Gasteiger partial charge in [0.05, 0.1) is 27.4 Å². The fourth-order valence-corrected chi connectivity index (χ4v) is 5.94. The number of nitrogens with zero attached hydrogens (tertiary/aromatic N) is 5. The van der Waals surface area contributed by atoms with E-state index in [9.17, 15) is 4.79 Å². The van der Waals surface area contributed by atoms with E-state index in [0.717, 1.165) is 25.0 Å². The smallest absolute Gasteiger partial charge is 0.356 e. The second-order valence-electron chi connectivity index (χ2n) is 11.1. The number of anilines is 1. The first-order valence-electron chi connectivity index (χ1n) is 13.8. The number of aromatic nitrogens is 4. The van der Waals surface area contributed by atoms with E-state index in [1.165, 1.54) is 4.57 Å². The highest BCUT2D eigenvalue weighted by Gasteiger charge is 2.31. The standard InChI is InChI=1S/C30H30ClF2N5O3/c1-15(2)24-26-22(9-10-34-24)40-11-12-41-27-21(33)8-7-20(32)23(27)25-19(31)13-18-28(36-30(39)38(26)29(18)35-25)37-14-16(3)5-6-17(37)4/h7-10,13,15-17H,5-6,11-12,14H2,1-4H3. The maximum atomic E-state index is 15.4. The number of pyridine rings is 2. The van der Waals surface area contributed by atoms with E-state index in [-0.39, 0.29) is 52.9 Å². The van der Waals surface area contributed by atoms with Crippen LogP contribution < -0.4 is 20.1 Å². The van der Waals surface area contributed by atoms with Crippen molar-refractivity contribution in [3.8, 4) is 28.4 Å². The molecule has 4 aromatic rings. The van der Waals surface area contributed by atoms with Gasteiger partial charge in [-0.3, -0.25) is 4.98 Å². The molecule has 6 rings (SSSR count). The molecule has 0 aliphatic carbocycles. The molecule has 2 aliphatic rings. The number of benzene rings is 1. The molecular weight excluding hydrogens is 552 g/mol. The molecule has 2 atom stereocenters. The summed E-state index contributed by atoms with van der Waals surface area (Å²) in [5, 5.41) is 0.571. The number of hydrogen-bond donors (Lipinski definition) is 0. The minimum absolute atomic E-state index is 0.00831. The van der Waals surface area contributed by atoms with E-state index in [1.807, 2.05) is 13.8 Å². The lowest BCUT2D eigenvalue weighted by Gasteiger charge is -2.38. The van der Waals surface area contributed by atoms with E-state index in [1.54, 1.807) is 18.3 Å². The highest BCUT2D eigenvalue weighted by Crippen LogP contribution is 2.42. The number of ether oxygens (including phenoxy) is 2. The van der Waals surface area contributed by atoms with Crippen molar-refractivity contribution in [2.75, 3.05) is 24.7 Å². The highest BCUT2D eigenvalue weighted by atomic mass is 35.5. The Morgan fingerprint density at radius 3 is 2.59 bits per heavy atom. The number of piperidine rings is 1. The zero-order valence-corrected chi connectivity index (χ0v) is 24.0. The molecule has 0 radical (unpaired) electrons. The van der Waals surface area contributed by atoms with Crippen LogP contribution in [0.4, 0.5) is 14.6 Å². The van der Waals surface area contributed by atoms with Gasteiger partial charge in [0.15, 0.2) is 17.2 Å². The van der Waals surface area contributed by atoms with Crippen LogP contribution in [0.3, 0.4) is 0 Å². The Balaban J connectivity index is 1.77. The van der Waals surface area contributed by atoms with Crippen LogP contribution in [0.2, 0.25) is 5.02 Å². The van der Waals surface area contributed by atoms with Gasteiger partial charge in [0, 0.05) is 24.8 Å². The largest absolute Gasteiger partial charge is 0.488 e. The number of hydrogen-bond acceptors (Lipinski definition) is 7. The van der Waals surface area contributed by atoms with Crippen molar-refractivity contribution in [2.45, 2.75) is 52.5 Å². The third-order valence-electron chi connectivity index (χ3n) is 7.76. The average molecular weight is 582 g/mol. The fourth-order valence-electron chi connectivity index (χ4n) is 5.69. The lowest BCUT2D eigenvalue weighted by molar-refractivity contribution is 0.211. The van der Waals surface area contributed by atoms with Crippen molar-refractivity contribution in [2.24, 2.45) is 5.92 Å². The van der Waals surface area contributed by atoms with Gasteiger partial charge in [-0.2, -0.15) is 4.98 Å². The van der Waals surface area contributed by atoms with E-state index >= 15 is 8.78 Å². The first-order chi connectivity index (χ1) is 19.7. The van der Waals surface area contributed by atoms with Crippen LogP contribution in [0.25, 0.3) is 28.0 Å². The monoisotopic (exact) mass is 581 g/mol. The van der Waals surface area contributed by atoms with Gasteiger partial charge < -0.3 is 14.4 Å². The number of fused-ring (bicyclic) bond motifs is 5. The Hall–Kier alpha value is -3.79. The van der Waals surface area contributed by atoms with Crippen LogP contribution in [0, 0.1) is 17.6 Å². The summed E-state index contributed by atoms with van der Waals surface area (Å²) in [5.74, 6) is -0.764. The Bertz CT molecular complexity index is 1730. The second kappa shape index (κ2) is 10.6. The van der Waals surface area contributed by atoms with Gasteiger partial charge in [0.2, 0.25) is 0 Å². The zero-order chi connectivity index (χ0) is 29.0. The summed E-state index contributed by atoms with van der Waals surface area (Å²) in [4.78, 5) is 30.1. The van der Waals surface area contributed by atoms with Crippen molar-refractivity contribution in [3.63, 3.8) is 0 Å². The van der Waals surface area contributed by atoms with Gasteiger partial charge in [0.1, 0.15) is 36.3 Å².